The molecule has 0 saturated heterocycles. The number of hydrogen-bond acceptors (Lipinski definition) is 4. The van der Waals surface area contributed by atoms with Crippen LogP contribution in [-0.2, 0) is 0 Å². The lowest BCUT2D eigenvalue weighted by molar-refractivity contribution is 0.619. The average Bonchev–Trinajstić information content (AvgIpc) is 3.89. The van der Waals surface area contributed by atoms with E-state index in [-0.39, 0.29) is 0 Å². The van der Waals surface area contributed by atoms with Crippen LogP contribution in [0.1, 0.15) is 0 Å². The standard InChI is InChI=1S/C53H34N2O2/c1-2-12-35(13-3-1)38-16-8-18-42(32-38)55(43-19-9-17-39(33-43)45-22-10-15-36-14-4-5-20-44(36)45)41-29-26-37(27-30-41)46-23-11-25-50-52(46)54-53(57-50)40-28-31-48-47-21-6-7-24-49(47)56-51(48)34-40/h1-34H. The lowest BCUT2D eigenvalue weighted by atomic mass is 9.97. The summed E-state index contributed by atoms with van der Waals surface area (Å²) in [6.45, 7) is 0. The molecule has 4 heteroatoms. The molecule has 0 aliphatic rings. The van der Waals surface area contributed by atoms with Crippen molar-refractivity contribution in [3.05, 3.63) is 206 Å². The van der Waals surface area contributed by atoms with Crippen LogP contribution >= 0.6 is 0 Å². The smallest absolute Gasteiger partial charge is 0.227 e. The molecule has 57 heavy (non-hydrogen) atoms. The van der Waals surface area contributed by atoms with Gasteiger partial charge >= 0.3 is 0 Å². The van der Waals surface area contributed by atoms with Gasteiger partial charge < -0.3 is 13.7 Å². The summed E-state index contributed by atoms with van der Waals surface area (Å²) in [4.78, 5) is 7.39. The third kappa shape index (κ3) is 5.83. The zero-order valence-corrected chi connectivity index (χ0v) is 30.8. The van der Waals surface area contributed by atoms with Gasteiger partial charge in [0, 0.05) is 39.0 Å². The fourth-order valence-electron chi connectivity index (χ4n) is 8.15. The van der Waals surface area contributed by atoms with Gasteiger partial charge in [0.1, 0.15) is 16.7 Å². The van der Waals surface area contributed by atoms with E-state index in [2.05, 4.69) is 175 Å². The van der Waals surface area contributed by atoms with Gasteiger partial charge in [-0.25, -0.2) is 4.98 Å². The normalized spacial score (nSPS) is 11.5. The van der Waals surface area contributed by atoms with Crippen molar-refractivity contribution in [1.82, 2.24) is 4.98 Å². The van der Waals surface area contributed by atoms with E-state index in [0.717, 1.165) is 77.9 Å². The van der Waals surface area contributed by atoms with E-state index >= 15 is 0 Å². The first-order chi connectivity index (χ1) is 28.2. The first-order valence-electron chi connectivity index (χ1n) is 19.2. The van der Waals surface area contributed by atoms with Crippen LogP contribution in [0.15, 0.2) is 215 Å². The number of anilines is 3. The van der Waals surface area contributed by atoms with Crippen molar-refractivity contribution in [3.63, 3.8) is 0 Å². The molecule has 0 aliphatic heterocycles. The van der Waals surface area contributed by atoms with Gasteiger partial charge in [0.25, 0.3) is 0 Å². The zero-order chi connectivity index (χ0) is 37.7. The maximum atomic E-state index is 6.38. The Bertz CT molecular complexity index is 3240. The maximum absolute atomic E-state index is 6.38. The lowest BCUT2D eigenvalue weighted by Gasteiger charge is -2.27. The minimum absolute atomic E-state index is 0.562. The Morgan fingerprint density at radius 1 is 0.333 bits per heavy atom. The largest absolute Gasteiger partial charge is 0.456 e. The number of nitrogens with zero attached hydrogens (tertiary/aromatic N) is 2. The summed E-state index contributed by atoms with van der Waals surface area (Å²) in [6, 6.07) is 72.4. The number of furan rings is 1. The molecule has 2 aromatic heterocycles. The van der Waals surface area contributed by atoms with Crippen LogP contribution in [0.3, 0.4) is 0 Å². The van der Waals surface area contributed by atoms with Crippen LogP contribution in [0.5, 0.6) is 0 Å². The summed E-state index contributed by atoms with van der Waals surface area (Å²) >= 11 is 0. The van der Waals surface area contributed by atoms with Gasteiger partial charge in [0.2, 0.25) is 5.89 Å². The molecule has 11 rings (SSSR count). The van der Waals surface area contributed by atoms with Crippen LogP contribution in [0, 0.1) is 0 Å². The summed E-state index contributed by atoms with van der Waals surface area (Å²) in [5, 5.41) is 4.64. The molecule has 4 nitrogen and oxygen atoms in total. The Labute approximate surface area is 329 Å². The minimum Gasteiger partial charge on any atom is -0.456 e. The van der Waals surface area contributed by atoms with Crippen LogP contribution in [0.25, 0.3) is 88.6 Å². The lowest BCUT2D eigenvalue weighted by Crippen LogP contribution is -2.10. The summed E-state index contributed by atoms with van der Waals surface area (Å²) < 4.78 is 12.6. The third-order valence-corrected chi connectivity index (χ3v) is 10.9. The highest BCUT2D eigenvalue weighted by Crippen LogP contribution is 2.41. The van der Waals surface area contributed by atoms with Gasteiger partial charge in [0.05, 0.1) is 0 Å². The molecule has 9 aromatic carbocycles. The minimum atomic E-state index is 0.562. The Hall–Kier alpha value is -7.69. The van der Waals surface area contributed by atoms with Crippen molar-refractivity contribution >= 4 is 60.9 Å². The Balaban J connectivity index is 0.995. The van der Waals surface area contributed by atoms with Gasteiger partial charge in [-0.15, -0.1) is 0 Å². The SMILES string of the molecule is c1ccc(-c2cccc(N(c3ccc(-c4cccc5oc(-c6ccc7c(c6)oc6ccccc67)nc45)cc3)c3cccc(-c4cccc5ccccc45)c3)c2)cc1. The highest BCUT2D eigenvalue weighted by atomic mass is 16.3. The molecule has 0 saturated carbocycles. The Morgan fingerprint density at radius 2 is 0.947 bits per heavy atom. The molecule has 0 N–H and O–H groups in total. The quantitative estimate of drug-likeness (QED) is 0.164. The van der Waals surface area contributed by atoms with Crippen molar-refractivity contribution < 1.29 is 8.83 Å². The average molecular weight is 731 g/mol. The summed E-state index contributed by atoms with van der Waals surface area (Å²) in [6.07, 6.45) is 0. The number of benzene rings is 9. The third-order valence-electron chi connectivity index (χ3n) is 10.9. The van der Waals surface area contributed by atoms with Gasteiger partial charge in [-0.1, -0.05) is 140 Å². The maximum Gasteiger partial charge on any atom is 0.227 e. The molecule has 0 amide bonds. The summed E-state index contributed by atoms with van der Waals surface area (Å²) in [5.74, 6) is 0.562. The first-order valence-corrected chi connectivity index (χ1v) is 19.2. The van der Waals surface area contributed by atoms with E-state index in [9.17, 15) is 0 Å². The summed E-state index contributed by atoms with van der Waals surface area (Å²) in [5.41, 5.74) is 14.1. The van der Waals surface area contributed by atoms with Gasteiger partial charge in [-0.2, -0.15) is 0 Å². The molecule has 0 unspecified atom stereocenters. The molecular formula is C53H34N2O2. The summed E-state index contributed by atoms with van der Waals surface area (Å²) in [7, 11) is 0. The van der Waals surface area contributed by atoms with Crippen LogP contribution in [-0.4, -0.2) is 4.98 Å². The second-order valence-electron chi connectivity index (χ2n) is 14.4. The van der Waals surface area contributed by atoms with Crippen molar-refractivity contribution in [1.29, 1.82) is 0 Å². The van der Waals surface area contributed by atoms with E-state index in [0.29, 0.717) is 5.89 Å². The Morgan fingerprint density at radius 3 is 1.81 bits per heavy atom. The van der Waals surface area contributed by atoms with Crippen LogP contribution < -0.4 is 4.90 Å². The van der Waals surface area contributed by atoms with E-state index in [1.54, 1.807) is 0 Å². The molecular weight excluding hydrogens is 697 g/mol. The fourth-order valence-corrected chi connectivity index (χ4v) is 8.15. The highest BCUT2D eigenvalue weighted by molar-refractivity contribution is 6.06. The predicted molar refractivity (Wildman–Crippen MR) is 235 cm³/mol. The second kappa shape index (κ2) is 13.6. The molecule has 11 aromatic rings. The molecule has 0 bridgehead atoms. The van der Waals surface area contributed by atoms with E-state index in [1.165, 1.54) is 21.9 Å². The number of fused-ring (bicyclic) bond motifs is 5. The Kier molecular flexibility index (Phi) is 7.78. The molecule has 0 atom stereocenters. The molecule has 0 spiro atoms. The number of aromatic nitrogens is 1. The van der Waals surface area contributed by atoms with Crippen molar-refractivity contribution in [2.45, 2.75) is 0 Å². The highest BCUT2D eigenvalue weighted by Gasteiger charge is 2.18. The molecule has 268 valence electrons. The van der Waals surface area contributed by atoms with Gasteiger partial charge in [-0.3, -0.25) is 0 Å². The molecule has 2 heterocycles. The number of rotatable bonds is 7. The second-order valence-corrected chi connectivity index (χ2v) is 14.4. The number of para-hydroxylation sites is 2. The first kappa shape index (κ1) is 32.7. The number of oxazole rings is 1. The van der Waals surface area contributed by atoms with Crippen molar-refractivity contribution in [2.24, 2.45) is 0 Å². The molecule has 0 fully saturated rings. The van der Waals surface area contributed by atoms with Gasteiger partial charge in [0.15, 0.2) is 5.58 Å². The number of hydrogen-bond donors (Lipinski definition) is 0. The van der Waals surface area contributed by atoms with Crippen molar-refractivity contribution in [3.8, 4) is 44.8 Å². The predicted octanol–water partition coefficient (Wildman–Crippen LogP) is 15.0. The molecule has 0 radical (unpaired) electrons. The van der Waals surface area contributed by atoms with Crippen LogP contribution in [0.4, 0.5) is 17.1 Å². The van der Waals surface area contributed by atoms with E-state index in [4.69, 9.17) is 13.8 Å². The van der Waals surface area contributed by atoms with Crippen LogP contribution in [0.2, 0.25) is 0 Å². The van der Waals surface area contributed by atoms with Gasteiger partial charge in [-0.05, 0) is 105 Å². The monoisotopic (exact) mass is 730 g/mol. The zero-order valence-electron chi connectivity index (χ0n) is 30.8. The fraction of sp³-hybridized carbons (Fsp3) is 0. The topological polar surface area (TPSA) is 42.4 Å². The van der Waals surface area contributed by atoms with Crippen molar-refractivity contribution in [2.75, 3.05) is 4.90 Å². The van der Waals surface area contributed by atoms with E-state index < -0.39 is 0 Å². The molecule has 0 aliphatic carbocycles. The van der Waals surface area contributed by atoms with E-state index in [1.807, 2.05) is 36.4 Å².